The van der Waals surface area contributed by atoms with Crippen molar-refractivity contribution in [1.82, 2.24) is 14.2 Å². The molecule has 1 aliphatic rings. The fraction of sp³-hybridized carbons (Fsp3) is 0.500. The summed E-state index contributed by atoms with van der Waals surface area (Å²) in [5.41, 5.74) is 0.351. The van der Waals surface area contributed by atoms with E-state index in [2.05, 4.69) is 9.88 Å². The maximum atomic E-state index is 13.2. The van der Waals surface area contributed by atoms with E-state index in [1.807, 2.05) is 5.38 Å². The van der Waals surface area contributed by atoms with E-state index in [9.17, 15) is 13.2 Å². The molecule has 0 unspecified atom stereocenters. The van der Waals surface area contributed by atoms with Crippen LogP contribution in [0.25, 0.3) is 0 Å². The number of amides is 1. The van der Waals surface area contributed by atoms with E-state index in [1.54, 1.807) is 48.4 Å². The number of ether oxygens (including phenoxy) is 1. The van der Waals surface area contributed by atoms with Crippen molar-refractivity contribution in [2.75, 3.05) is 51.3 Å². The minimum absolute atomic E-state index is 0.0267. The van der Waals surface area contributed by atoms with Gasteiger partial charge < -0.3 is 14.5 Å². The second-order valence-corrected chi connectivity index (χ2v) is 9.68. The molecule has 1 fully saturated rings. The molecule has 0 aliphatic carbocycles. The van der Waals surface area contributed by atoms with Crippen LogP contribution in [0.1, 0.15) is 30.6 Å². The molecule has 0 saturated carbocycles. The topological polar surface area (TPSA) is 83.1 Å². The molecular weight excluding hydrogens is 424 g/mol. The highest BCUT2D eigenvalue weighted by Crippen LogP contribution is 2.28. The number of anilines is 1. The number of aromatic nitrogens is 1. The Morgan fingerprint density at radius 1 is 1.20 bits per heavy atom. The van der Waals surface area contributed by atoms with Crippen molar-refractivity contribution < 1.29 is 17.9 Å². The van der Waals surface area contributed by atoms with Crippen LogP contribution in [0.2, 0.25) is 0 Å². The lowest BCUT2D eigenvalue weighted by atomic mass is 10.2. The fourth-order valence-electron chi connectivity index (χ4n) is 3.58. The van der Waals surface area contributed by atoms with Gasteiger partial charge in [-0.05, 0) is 24.6 Å². The van der Waals surface area contributed by atoms with Crippen LogP contribution in [0.15, 0.2) is 34.7 Å². The maximum Gasteiger partial charge on any atom is 0.253 e. The summed E-state index contributed by atoms with van der Waals surface area (Å²) in [5, 5.41) is 2.90. The van der Waals surface area contributed by atoms with E-state index in [-0.39, 0.29) is 16.6 Å². The van der Waals surface area contributed by atoms with Crippen LogP contribution in [0.3, 0.4) is 0 Å². The molecule has 30 heavy (non-hydrogen) atoms. The van der Waals surface area contributed by atoms with Crippen LogP contribution < -0.4 is 9.64 Å². The van der Waals surface area contributed by atoms with Crippen LogP contribution in [0.4, 0.5) is 5.13 Å². The van der Waals surface area contributed by atoms with Gasteiger partial charge in [-0.3, -0.25) is 4.79 Å². The molecule has 0 N–H and O–H groups in total. The number of hydrogen-bond donors (Lipinski definition) is 0. The van der Waals surface area contributed by atoms with Gasteiger partial charge in [-0.1, -0.05) is 13.8 Å². The lowest BCUT2D eigenvalue weighted by molar-refractivity contribution is 0.0766. The van der Waals surface area contributed by atoms with Crippen LogP contribution in [-0.2, 0) is 10.0 Å². The fourth-order valence-corrected chi connectivity index (χ4v) is 5.92. The van der Waals surface area contributed by atoms with Crippen molar-refractivity contribution in [1.29, 1.82) is 0 Å². The molecular formula is C20H28N4O4S2. The molecule has 8 nitrogen and oxygen atoms in total. The Kier molecular flexibility index (Phi) is 7.32. The summed E-state index contributed by atoms with van der Waals surface area (Å²) in [4.78, 5) is 21.5. The van der Waals surface area contributed by atoms with Crippen LogP contribution in [-0.4, -0.2) is 74.9 Å². The Hall–Kier alpha value is -2.17. The first kappa shape index (κ1) is 22.5. The Morgan fingerprint density at radius 2 is 1.97 bits per heavy atom. The molecule has 2 aromatic rings. The van der Waals surface area contributed by atoms with E-state index in [1.165, 1.54) is 17.5 Å². The van der Waals surface area contributed by atoms with Gasteiger partial charge in [0, 0.05) is 56.4 Å². The Morgan fingerprint density at radius 3 is 2.60 bits per heavy atom. The van der Waals surface area contributed by atoms with Crippen LogP contribution >= 0.6 is 11.3 Å². The third-order valence-electron chi connectivity index (χ3n) is 5.21. The molecule has 1 aromatic carbocycles. The SMILES string of the molecule is CCN(CC)S(=O)(=O)c1cc(C(=O)N2CCCN(c3nccs3)CC2)ccc1OC. The molecule has 0 bridgehead atoms. The minimum Gasteiger partial charge on any atom is -0.495 e. The lowest BCUT2D eigenvalue weighted by Gasteiger charge is -2.23. The maximum absolute atomic E-state index is 13.2. The zero-order chi connectivity index (χ0) is 21.7. The van der Waals surface area contributed by atoms with Gasteiger partial charge >= 0.3 is 0 Å². The average Bonchev–Trinajstić information content (AvgIpc) is 3.18. The van der Waals surface area contributed by atoms with E-state index in [0.29, 0.717) is 38.3 Å². The van der Waals surface area contributed by atoms with E-state index >= 15 is 0 Å². The van der Waals surface area contributed by atoms with Gasteiger partial charge in [-0.25, -0.2) is 13.4 Å². The number of carbonyl (C=O) groups excluding carboxylic acids is 1. The zero-order valence-electron chi connectivity index (χ0n) is 17.6. The van der Waals surface area contributed by atoms with Crippen molar-refractivity contribution in [3.63, 3.8) is 0 Å². The lowest BCUT2D eigenvalue weighted by Crippen LogP contribution is -2.35. The van der Waals surface area contributed by atoms with Crippen molar-refractivity contribution in [3.05, 3.63) is 35.3 Å². The average molecular weight is 453 g/mol. The first-order chi connectivity index (χ1) is 14.4. The van der Waals surface area contributed by atoms with E-state index in [4.69, 9.17) is 4.74 Å². The highest BCUT2D eigenvalue weighted by Gasteiger charge is 2.28. The third kappa shape index (κ3) is 4.60. The van der Waals surface area contributed by atoms with Gasteiger partial charge in [-0.15, -0.1) is 11.3 Å². The number of thiazole rings is 1. The molecule has 2 heterocycles. The number of methoxy groups -OCH3 is 1. The van der Waals surface area contributed by atoms with Gasteiger partial charge in [0.05, 0.1) is 7.11 Å². The third-order valence-corrected chi connectivity index (χ3v) is 8.11. The summed E-state index contributed by atoms with van der Waals surface area (Å²) in [6.07, 6.45) is 2.61. The number of hydrogen-bond acceptors (Lipinski definition) is 7. The number of carbonyl (C=O) groups is 1. The first-order valence-corrected chi connectivity index (χ1v) is 12.4. The molecule has 1 aliphatic heterocycles. The van der Waals surface area contributed by atoms with Gasteiger partial charge in [-0.2, -0.15) is 4.31 Å². The molecule has 1 saturated heterocycles. The van der Waals surface area contributed by atoms with Gasteiger partial charge in [0.2, 0.25) is 10.0 Å². The number of sulfonamides is 1. The normalized spacial score (nSPS) is 15.3. The molecule has 0 spiro atoms. The molecule has 1 amide bonds. The van der Waals surface area contributed by atoms with E-state index < -0.39 is 10.0 Å². The predicted octanol–water partition coefficient (Wildman–Crippen LogP) is 2.53. The number of benzene rings is 1. The Labute approximate surface area is 182 Å². The Balaban J connectivity index is 1.84. The smallest absolute Gasteiger partial charge is 0.253 e. The van der Waals surface area contributed by atoms with Gasteiger partial charge in [0.1, 0.15) is 10.6 Å². The Bertz CT molecular complexity index is 959. The van der Waals surface area contributed by atoms with Crippen LogP contribution in [0, 0.1) is 0 Å². The summed E-state index contributed by atoms with van der Waals surface area (Å²) in [5.74, 6) is 0.0684. The van der Waals surface area contributed by atoms with Gasteiger partial charge in [0.25, 0.3) is 5.91 Å². The summed E-state index contributed by atoms with van der Waals surface area (Å²) < 4.78 is 32.8. The zero-order valence-corrected chi connectivity index (χ0v) is 19.2. The van der Waals surface area contributed by atoms with Gasteiger partial charge in [0.15, 0.2) is 5.13 Å². The molecule has 10 heteroatoms. The van der Waals surface area contributed by atoms with Crippen molar-refractivity contribution >= 4 is 32.4 Å². The van der Waals surface area contributed by atoms with Crippen LogP contribution in [0.5, 0.6) is 5.75 Å². The highest BCUT2D eigenvalue weighted by atomic mass is 32.2. The molecule has 3 rings (SSSR count). The predicted molar refractivity (Wildman–Crippen MR) is 118 cm³/mol. The summed E-state index contributed by atoms with van der Waals surface area (Å²) in [6.45, 7) is 6.97. The molecule has 0 radical (unpaired) electrons. The highest BCUT2D eigenvalue weighted by molar-refractivity contribution is 7.89. The molecule has 1 aromatic heterocycles. The first-order valence-electron chi connectivity index (χ1n) is 10.0. The molecule has 0 atom stereocenters. The van der Waals surface area contributed by atoms with Crippen molar-refractivity contribution in [2.45, 2.75) is 25.2 Å². The quantitative estimate of drug-likeness (QED) is 0.642. The number of nitrogens with zero attached hydrogens (tertiary/aromatic N) is 4. The summed E-state index contributed by atoms with van der Waals surface area (Å²) in [7, 11) is -2.32. The monoisotopic (exact) mass is 452 g/mol. The minimum atomic E-state index is -3.75. The number of rotatable bonds is 7. The van der Waals surface area contributed by atoms with E-state index in [0.717, 1.165) is 18.1 Å². The summed E-state index contributed by atoms with van der Waals surface area (Å²) in [6, 6.07) is 4.63. The van der Waals surface area contributed by atoms with Crippen molar-refractivity contribution in [3.8, 4) is 5.75 Å². The molecule has 164 valence electrons. The standard InChI is InChI=1S/C20H28N4O4S2/c1-4-24(5-2)30(26,27)18-15-16(7-8-17(18)28-3)19(25)22-10-6-11-23(13-12-22)20-21-9-14-29-20/h7-9,14-15H,4-6,10-13H2,1-3H3. The largest absolute Gasteiger partial charge is 0.495 e. The summed E-state index contributed by atoms with van der Waals surface area (Å²) >= 11 is 1.59. The van der Waals surface area contributed by atoms with Crippen molar-refractivity contribution in [2.24, 2.45) is 0 Å². The second kappa shape index (κ2) is 9.76. The second-order valence-electron chi connectivity index (χ2n) is 6.90.